The molecular weight excluding hydrogens is 235 g/mol. The summed E-state index contributed by atoms with van der Waals surface area (Å²) in [6.07, 6.45) is 2.71. The second kappa shape index (κ2) is 4.09. The van der Waals surface area contributed by atoms with Crippen molar-refractivity contribution in [1.29, 1.82) is 0 Å². The molecule has 0 aliphatic carbocycles. The minimum Gasteiger partial charge on any atom is -0.463 e. The SMILES string of the molecule is O=c1c(C=C(Cl)Cl)coc2ccccc12. The summed E-state index contributed by atoms with van der Waals surface area (Å²) >= 11 is 11.0. The third-order valence-corrected chi connectivity index (χ3v) is 2.19. The molecule has 0 amide bonds. The molecule has 0 atom stereocenters. The van der Waals surface area contributed by atoms with E-state index in [1.54, 1.807) is 24.3 Å². The van der Waals surface area contributed by atoms with E-state index in [-0.39, 0.29) is 9.92 Å². The predicted octanol–water partition coefficient (Wildman–Crippen LogP) is 3.57. The van der Waals surface area contributed by atoms with Crippen LogP contribution in [-0.2, 0) is 0 Å². The fraction of sp³-hybridized carbons (Fsp3) is 0. The van der Waals surface area contributed by atoms with Gasteiger partial charge in [-0.05, 0) is 18.2 Å². The highest BCUT2D eigenvalue weighted by molar-refractivity contribution is 6.57. The molecule has 4 heteroatoms. The van der Waals surface area contributed by atoms with Gasteiger partial charge in [0.15, 0.2) is 5.43 Å². The fourth-order valence-corrected chi connectivity index (χ4v) is 1.55. The summed E-state index contributed by atoms with van der Waals surface area (Å²) < 4.78 is 5.29. The van der Waals surface area contributed by atoms with Crippen molar-refractivity contribution < 1.29 is 4.42 Å². The molecule has 1 aromatic heterocycles. The second-order valence-corrected chi connectivity index (χ2v) is 3.96. The van der Waals surface area contributed by atoms with E-state index in [1.165, 1.54) is 12.3 Å². The Morgan fingerprint density at radius 2 is 2.00 bits per heavy atom. The Balaban J connectivity index is 2.77. The Morgan fingerprint density at radius 3 is 2.73 bits per heavy atom. The number of fused-ring (bicyclic) bond motifs is 1. The summed E-state index contributed by atoms with van der Waals surface area (Å²) in [5.74, 6) is 0. The fourth-order valence-electron chi connectivity index (χ4n) is 1.31. The van der Waals surface area contributed by atoms with Gasteiger partial charge in [0.1, 0.15) is 16.3 Å². The lowest BCUT2D eigenvalue weighted by molar-refractivity contribution is 0.601. The lowest BCUT2D eigenvalue weighted by atomic mass is 10.2. The van der Waals surface area contributed by atoms with Gasteiger partial charge in [-0.25, -0.2) is 0 Å². The standard InChI is InChI=1S/C11H6Cl2O2/c12-10(13)5-7-6-15-9-4-2-1-3-8(9)11(7)14/h1-6H. The van der Waals surface area contributed by atoms with Gasteiger partial charge in [0.25, 0.3) is 0 Å². The highest BCUT2D eigenvalue weighted by atomic mass is 35.5. The van der Waals surface area contributed by atoms with Crippen LogP contribution in [0, 0.1) is 0 Å². The largest absolute Gasteiger partial charge is 0.463 e. The van der Waals surface area contributed by atoms with Crippen LogP contribution in [0.5, 0.6) is 0 Å². The van der Waals surface area contributed by atoms with Crippen molar-refractivity contribution in [3.05, 3.63) is 50.8 Å². The summed E-state index contributed by atoms with van der Waals surface area (Å²) in [7, 11) is 0. The van der Waals surface area contributed by atoms with Crippen molar-refractivity contribution in [3.63, 3.8) is 0 Å². The molecule has 0 radical (unpaired) electrons. The number of halogens is 2. The molecular formula is C11H6Cl2O2. The van der Waals surface area contributed by atoms with Gasteiger partial charge in [-0.1, -0.05) is 35.3 Å². The molecule has 76 valence electrons. The molecule has 0 N–H and O–H groups in total. The zero-order chi connectivity index (χ0) is 10.8. The zero-order valence-electron chi connectivity index (χ0n) is 7.54. The monoisotopic (exact) mass is 240 g/mol. The van der Waals surface area contributed by atoms with Gasteiger partial charge in [0.05, 0.1) is 10.9 Å². The van der Waals surface area contributed by atoms with Crippen molar-refractivity contribution in [2.45, 2.75) is 0 Å². The number of hydrogen-bond acceptors (Lipinski definition) is 2. The molecule has 15 heavy (non-hydrogen) atoms. The maximum Gasteiger partial charge on any atom is 0.199 e. The number of rotatable bonds is 1. The average molecular weight is 241 g/mol. The van der Waals surface area contributed by atoms with Crippen molar-refractivity contribution in [1.82, 2.24) is 0 Å². The molecule has 0 unspecified atom stereocenters. The third kappa shape index (κ3) is 2.06. The summed E-state index contributed by atoms with van der Waals surface area (Å²) in [6.45, 7) is 0. The van der Waals surface area contributed by atoms with Crippen LogP contribution < -0.4 is 5.43 Å². The maximum absolute atomic E-state index is 11.8. The Morgan fingerprint density at radius 1 is 1.27 bits per heavy atom. The lowest BCUT2D eigenvalue weighted by Gasteiger charge is -1.97. The number of benzene rings is 1. The zero-order valence-corrected chi connectivity index (χ0v) is 9.05. The van der Waals surface area contributed by atoms with Crippen LogP contribution >= 0.6 is 23.2 Å². The van der Waals surface area contributed by atoms with Gasteiger partial charge in [0, 0.05) is 0 Å². The Labute approximate surface area is 95.7 Å². The van der Waals surface area contributed by atoms with Crippen molar-refractivity contribution in [3.8, 4) is 0 Å². The lowest BCUT2D eigenvalue weighted by Crippen LogP contribution is -2.04. The van der Waals surface area contributed by atoms with Gasteiger partial charge in [-0.15, -0.1) is 0 Å². The molecule has 1 heterocycles. The molecule has 0 saturated heterocycles. The van der Waals surface area contributed by atoms with Crippen molar-refractivity contribution in [2.75, 3.05) is 0 Å². The van der Waals surface area contributed by atoms with E-state index in [4.69, 9.17) is 27.6 Å². The van der Waals surface area contributed by atoms with Gasteiger partial charge in [-0.2, -0.15) is 0 Å². The van der Waals surface area contributed by atoms with E-state index in [1.807, 2.05) is 0 Å². The van der Waals surface area contributed by atoms with Crippen LogP contribution in [-0.4, -0.2) is 0 Å². The first-order valence-corrected chi connectivity index (χ1v) is 4.97. The van der Waals surface area contributed by atoms with E-state index in [9.17, 15) is 4.79 Å². The Hall–Kier alpha value is -1.25. The molecule has 0 aliphatic rings. The Bertz CT molecular complexity index is 580. The second-order valence-electron chi connectivity index (χ2n) is 2.95. The summed E-state index contributed by atoms with van der Waals surface area (Å²) in [5, 5.41) is 0.515. The number of para-hydroxylation sites is 1. The molecule has 0 spiro atoms. The number of hydrogen-bond donors (Lipinski definition) is 0. The first-order valence-electron chi connectivity index (χ1n) is 4.22. The van der Waals surface area contributed by atoms with Gasteiger partial charge in [0.2, 0.25) is 0 Å². The van der Waals surface area contributed by atoms with Crippen molar-refractivity contribution >= 4 is 40.2 Å². The van der Waals surface area contributed by atoms with Gasteiger partial charge in [-0.3, -0.25) is 4.79 Å². The highest BCUT2D eigenvalue weighted by Crippen LogP contribution is 2.15. The van der Waals surface area contributed by atoms with Crippen LogP contribution in [0.1, 0.15) is 5.56 Å². The van der Waals surface area contributed by atoms with Crippen LogP contribution in [0.4, 0.5) is 0 Å². The molecule has 2 nitrogen and oxygen atoms in total. The Kier molecular flexibility index (Phi) is 2.80. The van der Waals surface area contributed by atoms with E-state index in [2.05, 4.69) is 0 Å². The molecule has 2 rings (SSSR count). The summed E-state index contributed by atoms with van der Waals surface area (Å²) in [6, 6.07) is 7.00. The van der Waals surface area contributed by atoms with E-state index in [0.29, 0.717) is 16.5 Å². The summed E-state index contributed by atoms with van der Waals surface area (Å²) in [5.41, 5.74) is 0.745. The molecule has 0 bridgehead atoms. The van der Waals surface area contributed by atoms with Crippen LogP contribution in [0.25, 0.3) is 17.0 Å². The van der Waals surface area contributed by atoms with E-state index < -0.39 is 0 Å². The third-order valence-electron chi connectivity index (χ3n) is 1.97. The normalized spacial score (nSPS) is 10.3. The average Bonchev–Trinajstić information content (AvgIpc) is 2.22. The van der Waals surface area contributed by atoms with E-state index in [0.717, 1.165) is 0 Å². The quantitative estimate of drug-likeness (QED) is 0.763. The van der Waals surface area contributed by atoms with Crippen LogP contribution in [0.3, 0.4) is 0 Å². The molecule has 0 fully saturated rings. The topological polar surface area (TPSA) is 30.2 Å². The van der Waals surface area contributed by atoms with Crippen molar-refractivity contribution in [2.24, 2.45) is 0 Å². The van der Waals surface area contributed by atoms with Gasteiger partial charge < -0.3 is 4.42 Å². The molecule has 0 aliphatic heterocycles. The minimum absolute atomic E-state index is 0.0255. The molecule has 2 aromatic rings. The molecule has 1 aromatic carbocycles. The van der Waals surface area contributed by atoms with Crippen LogP contribution in [0.15, 0.2) is 44.2 Å². The predicted molar refractivity (Wildman–Crippen MR) is 62.2 cm³/mol. The minimum atomic E-state index is -0.143. The highest BCUT2D eigenvalue weighted by Gasteiger charge is 2.04. The first-order chi connectivity index (χ1) is 7.18. The smallest absolute Gasteiger partial charge is 0.199 e. The van der Waals surface area contributed by atoms with Gasteiger partial charge >= 0.3 is 0 Å². The maximum atomic E-state index is 11.8. The summed E-state index contributed by atoms with van der Waals surface area (Å²) in [4.78, 5) is 11.8. The van der Waals surface area contributed by atoms with Crippen LogP contribution in [0.2, 0.25) is 0 Å². The first kappa shape index (κ1) is 10.3. The molecule has 0 saturated carbocycles. The van der Waals surface area contributed by atoms with E-state index >= 15 is 0 Å².